The molecule has 1 aromatic rings. The maximum absolute atomic E-state index is 12.4. The van der Waals surface area contributed by atoms with E-state index in [-0.39, 0.29) is 18.4 Å². The zero-order valence-electron chi connectivity index (χ0n) is 14.2. The van der Waals surface area contributed by atoms with Gasteiger partial charge in [0.1, 0.15) is 12.0 Å². The highest BCUT2D eigenvalue weighted by atomic mass is 16.3. The molecule has 1 aliphatic carbocycles. The van der Waals surface area contributed by atoms with Crippen LogP contribution in [0.3, 0.4) is 0 Å². The minimum absolute atomic E-state index is 0.0437. The monoisotopic (exact) mass is 333 g/mol. The van der Waals surface area contributed by atoms with Gasteiger partial charge >= 0.3 is 0 Å². The van der Waals surface area contributed by atoms with E-state index in [4.69, 9.17) is 10.2 Å². The summed E-state index contributed by atoms with van der Waals surface area (Å²) in [6.45, 7) is 2.70. The van der Waals surface area contributed by atoms with Gasteiger partial charge in [-0.25, -0.2) is 0 Å². The summed E-state index contributed by atoms with van der Waals surface area (Å²) in [7, 11) is 0. The number of piperazine rings is 1. The molecular weight excluding hydrogens is 306 g/mol. The van der Waals surface area contributed by atoms with Crippen LogP contribution in [0.1, 0.15) is 54.6 Å². The Bertz CT molecular complexity index is 570. The Labute approximate surface area is 143 Å². The second-order valence-electron chi connectivity index (χ2n) is 6.89. The average molecular weight is 333 g/mol. The third-order valence-corrected chi connectivity index (χ3v) is 5.21. The number of nitrogens with zero attached hydrogens (tertiary/aromatic N) is 2. The largest absolute Gasteiger partial charge is 0.467 e. The van der Waals surface area contributed by atoms with Gasteiger partial charge in [-0.15, -0.1) is 0 Å². The van der Waals surface area contributed by atoms with Crippen molar-refractivity contribution in [2.24, 2.45) is 11.7 Å². The molecule has 0 radical (unpaired) electrons. The molecule has 6 nitrogen and oxygen atoms in total. The van der Waals surface area contributed by atoms with Crippen LogP contribution in [0.2, 0.25) is 0 Å². The molecular formula is C18H27N3O3. The van der Waals surface area contributed by atoms with Gasteiger partial charge in [-0.1, -0.05) is 19.3 Å². The molecule has 0 bridgehead atoms. The number of carbonyl (C=O) groups excluding carboxylic acids is 2. The molecule has 2 amide bonds. The predicted molar refractivity (Wildman–Crippen MR) is 90.3 cm³/mol. The molecule has 0 atom stereocenters. The standard InChI is InChI=1S/C18H27N3O3/c19-12-16-11-15(13-24-16)18(23)21-8-6-20(7-9-21)17(22)10-14-4-2-1-3-5-14/h11,13-14H,1-10,12,19H2. The number of hydrogen-bond acceptors (Lipinski definition) is 4. The van der Waals surface area contributed by atoms with Gasteiger partial charge in [0.2, 0.25) is 5.91 Å². The molecule has 0 unspecified atom stereocenters. The SMILES string of the molecule is NCc1cc(C(=O)N2CCN(C(=O)CC3CCCCC3)CC2)co1. The van der Waals surface area contributed by atoms with Crippen LogP contribution in [0.25, 0.3) is 0 Å². The van der Waals surface area contributed by atoms with Crippen molar-refractivity contribution in [3.05, 3.63) is 23.7 Å². The zero-order chi connectivity index (χ0) is 16.9. The van der Waals surface area contributed by atoms with E-state index in [1.165, 1.54) is 38.4 Å². The summed E-state index contributed by atoms with van der Waals surface area (Å²) in [5.41, 5.74) is 6.05. The van der Waals surface area contributed by atoms with E-state index in [1.54, 1.807) is 11.0 Å². The first-order chi connectivity index (χ1) is 11.7. The van der Waals surface area contributed by atoms with E-state index in [9.17, 15) is 9.59 Å². The highest BCUT2D eigenvalue weighted by Crippen LogP contribution is 2.27. The number of furan rings is 1. The fourth-order valence-corrected chi connectivity index (χ4v) is 3.71. The molecule has 3 rings (SSSR count). The summed E-state index contributed by atoms with van der Waals surface area (Å²) >= 11 is 0. The predicted octanol–water partition coefficient (Wildman–Crippen LogP) is 1.99. The number of hydrogen-bond donors (Lipinski definition) is 1. The molecule has 1 saturated heterocycles. The summed E-state index contributed by atoms with van der Waals surface area (Å²) < 4.78 is 5.23. The summed E-state index contributed by atoms with van der Waals surface area (Å²) in [5.74, 6) is 1.38. The first-order valence-electron chi connectivity index (χ1n) is 9.02. The number of carbonyl (C=O) groups is 2. The second kappa shape index (κ2) is 7.83. The van der Waals surface area contributed by atoms with E-state index < -0.39 is 0 Å². The van der Waals surface area contributed by atoms with Crippen molar-refractivity contribution in [1.29, 1.82) is 0 Å². The minimum Gasteiger partial charge on any atom is -0.467 e. The van der Waals surface area contributed by atoms with Crippen LogP contribution in [-0.2, 0) is 11.3 Å². The zero-order valence-corrected chi connectivity index (χ0v) is 14.2. The molecule has 2 N–H and O–H groups in total. The van der Waals surface area contributed by atoms with Crippen LogP contribution in [0.5, 0.6) is 0 Å². The summed E-state index contributed by atoms with van der Waals surface area (Å²) in [4.78, 5) is 28.6. The van der Waals surface area contributed by atoms with Crippen molar-refractivity contribution in [2.75, 3.05) is 26.2 Å². The summed E-state index contributed by atoms with van der Waals surface area (Å²) in [5, 5.41) is 0. The van der Waals surface area contributed by atoms with E-state index in [1.807, 2.05) is 4.90 Å². The topological polar surface area (TPSA) is 79.8 Å². The Hall–Kier alpha value is -1.82. The van der Waals surface area contributed by atoms with Gasteiger partial charge in [-0.05, 0) is 24.8 Å². The minimum atomic E-state index is -0.0437. The summed E-state index contributed by atoms with van der Waals surface area (Å²) in [6.07, 6.45) is 8.35. The van der Waals surface area contributed by atoms with Gasteiger partial charge in [0.25, 0.3) is 5.91 Å². The molecule has 2 heterocycles. The van der Waals surface area contributed by atoms with E-state index >= 15 is 0 Å². The average Bonchev–Trinajstić information content (AvgIpc) is 3.11. The molecule has 6 heteroatoms. The van der Waals surface area contributed by atoms with Crippen molar-refractivity contribution < 1.29 is 14.0 Å². The third-order valence-electron chi connectivity index (χ3n) is 5.21. The maximum Gasteiger partial charge on any atom is 0.257 e. The van der Waals surface area contributed by atoms with Gasteiger partial charge in [0.05, 0.1) is 12.1 Å². The lowest BCUT2D eigenvalue weighted by atomic mass is 9.86. The molecule has 0 aromatic carbocycles. The first kappa shape index (κ1) is 17.0. The molecule has 2 fully saturated rings. The van der Waals surface area contributed by atoms with Crippen LogP contribution >= 0.6 is 0 Å². The van der Waals surface area contributed by atoms with E-state index in [2.05, 4.69) is 0 Å². The highest BCUT2D eigenvalue weighted by Gasteiger charge is 2.27. The molecule has 2 aliphatic rings. The number of amides is 2. The van der Waals surface area contributed by atoms with Crippen LogP contribution in [0.4, 0.5) is 0 Å². The lowest BCUT2D eigenvalue weighted by Crippen LogP contribution is -2.50. The van der Waals surface area contributed by atoms with Crippen LogP contribution < -0.4 is 5.73 Å². The normalized spacial score (nSPS) is 19.5. The molecule has 24 heavy (non-hydrogen) atoms. The molecule has 0 spiro atoms. The van der Waals surface area contributed by atoms with Crippen molar-refractivity contribution in [3.63, 3.8) is 0 Å². The van der Waals surface area contributed by atoms with Crippen molar-refractivity contribution >= 4 is 11.8 Å². The van der Waals surface area contributed by atoms with Crippen molar-refractivity contribution in [3.8, 4) is 0 Å². The van der Waals surface area contributed by atoms with Gasteiger partial charge in [-0.3, -0.25) is 9.59 Å². The Balaban J connectivity index is 1.47. The second-order valence-corrected chi connectivity index (χ2v) is 6.89. The maximum atomic E-state index is 12.4. The Kier molecular flexibility index (Phi) is 5.56. The fraction of sp³-hybridized carbons (Fsp3) is 0.667. The van der Waals surface area contributed by atoms with Crippen LogP contribution in [-0.4, -0.2) is 47.8 Å². The van der Waals surface area contributed by atoms with E-state index in [0.29, 0.717) is 49.8 Å². The Morgan fingerprint density at radius 3 is 2.38 bits per heavy atom. The van der Waals surface area contributed by atoms with Gasteiger partial charge in [-0.2, -0.15) is 0 Å². The molecule has 1 saturated carbocycles. The lowest BCUT2D eigenvalue weighted by Gasteiger charge is -2.35. The van der Waals surface area contributed by atoms with Crippen LogP contribution in [0, 0.1) is 5.92 Å². The Morgan fingerprint density at radius 2 is 1.75 bits per heavy atom. The Morgan fingerprint density at radius 1 is 1.08 bits per heavy atom. The van der Waals surface area contributed by atoms with Crippen LogP contribution in [0.15, 0.2) is 16.7 Å². The van der Waals surface area contributed by atoms with E-state index in [0.717, 1.165) is 0 Å². The first-order valence-corrected chi connectivity index (χ1v) is 9.02. The summed E-state index contributed by atoms with van der Waals surface area (Å²) in [6, 6.07) is 1.70. The molecule has 132 valence electrons. The van der Waals surface area contributed by atoms with Gasteiger partial charge < -0.3 is 20.0 Å². The highest BCUT2D eigenvalue weighted by molar-refractivity contribution is 5.94. The van der Waals surface area contributed by atoms with Crippen molar-refractivity contribution in [1.82, 2.24) is 9.80 Å². The van der Waals surface area contributed by atoms with Gasteiger partial charge in [0.15, 0.2) is 0 Å². The third kappa shape index (κ3) is 3.98. The molecule has 1 aromatic heterocycles. The van der Waals surface area contributed by atoms with Gasteiger partial charge in [0, 0.05) is 32.6 Å². The fourth-order valence-electron chi connectivity index (χ4n) is 3.71. The molecule has 1 aliphatic heterocycles. The number of nitrogens with two attached hydrogens (primary N) is 1. The van der Waals surface area contributed by atoms with Crippen molar-refractivity contribution in [2.45, 2.75) is 45.1 Å². The smallest absolute Gasteiger partial charge is 0.257 e. The number of rotatable bonds is 4. The lowest BCUT2D eigenvalue weighted by molar-refractivity contribution is -0.133. The quantitative estimate of drug-likeness (QED) is 0.914.